The Hall–Kier alpha value is -3.00. The summed E-state index contributed by atoms with van der Waals surface area (Å²) in [6.07, 6.45) is 0. The van der Waals surface area contributed by atoms with Gasteiger partial charge in [-0.15, -0.1) is 0 Å². The molecule has 0 aliphatic rings. The lowest BCUT2D eigenvalue weighted by Crippen LogP contribution is -2.43. The third-order valence-corrected chi connectivity index (χ3v) is 10.9. The fraction of sp³-hybridized carbons (Fsp3) is 0.400. The van der Waals surface area contributed by atoms with Crippen LogP contribution in [-0.2, 0) is 13.1 Å². The molecule has 2 aromatic heterocycles. The quantitative estimate of drug-likeness (QED) is 0.287. The molecule has 0 atom stereocenters. The Morgan fingerprint density at radius 1 is 0.730 bits per heavy atom. The lowest BCUT2D eigenvalue weighted by atomic mass is 10.2. The van der Waals surface area contributed by atoms with Crippen molar-refractivity contribution in [3.8, 4) is 11.5 Å². The number of hydrogen-bond donors (Lipinski definition) is 1. The van der Waals surface area contributed by atoms with Crippen molar-refractivity contribution >= 4 is 30.1 Å². The highest BCUT2D eigenvalue weighted by Gasteiger charge is 2.39. The molecule has 0 spiro atoms. The molecule has 0 bridgehead atoms. The molecule has 0 radical (unpaired) electrons. The molecule has 0 aliphatic heterocycles. The average Bonchev–Trinajstić information content (AvgIpc) is 2.77. The molecule has 0 unspecified atom stereocenters. The lowest BCUT2D eigenvalue weighted by Gasteiger charge is -2.36. The SMILES string of the molecule is CN(C)Cc1ccc2ccc(O)cc2n1.CN(C)Cc1ccc2ccc(O[Si](C)(C)C(C)(C)C)cc2n1. The first kappa shape index (κ1) is 28.6. The van der Waals surface area contributed by atoms with E-state index in [0.29, 0.717) is 0 Å². The minimum absolute atomic E-state index is 0.197. The third-order valence-electron chi connectivity index (χ3n) is 6.59. The maximum absolute atomic E-state index is 9.35. The van der Waals surface area contributed by atoms with E-state index in [0.717, 1.165) is 52.0 Å². The van der Waals surface area contributed by atoms with Gasteiger partial charge in [0.25, 0.3) is 0 Å². The summed E-state index contributed by atoms with van der Waals surface area (Å²) in [5, 5.41) is 11.8. The molecule has 1 N–H and O–H groups in total. The van der Waals surface area contributed by atoms with Gasteiger partial charge in [-0.2, -0.15) is 0 Å². The predicted octanol–water partition coefficient (Wildman–Crippen LogP) is 6.68. The number of phenolic OH excluding ortho intramolecular Hbond substituents is 1. The largest absolute Gasteiger partial charge is 0.543 e. The molecule has 37 heavy (non-hydrogen) atoms. The summed E-state index contributed by atoms with van der Waals surface area (Å²) in [6.45, 7) is 13.0. The van der Waals surface area contributed by atoms with Crippen molar-refractivity contribution in [1.82, 2.24) is 19.8 Å². The van der Waals surface area contributed by atoms with Gasteiger partial charge in [0.15, 0.2) is 0 Å². The number of aromatic hydroxyl groups is 1. The number of nitrogens with zero attached hydrogens (tertiary/aromatic N) is 4. The van der Waals surface area contributed by atoms with E-state index < -0.39 is 8.32 Å². The summed E-state index contributed by atoms with van der Waals surface area (Å²) < 4.78 is 6.38. The van der Waals surface area contributed by atoms with Gasteiger partial charge >= 0.3 is 0 Å². The zero-order valence-corrected chi connectivity index (χ0v) is 24.8. The van der Waals surface area contributed by atoms with Crippen LogP contribution in [0.1, 0.15) is 32.2 Å². The first-order chi connectivity index (χ1) is 17.2. The fourth-order valence-electron chi connectivity index (χ4n) is 3.62. The molecule has 0 amide bonds. The lowest BCUT2D eigenvalue weighted by molar-refractivity contribution is 0.397. The first-order valence-corrected chi connectivity index (χ1v) is 15.6. The minimum Gasteiger partial charge on any atom is -0.543 e. The number of rotatable bonds is 6. The second kappa shape index (κ2) is 11.6. The Morgan fingerprint density at radius 3 is 1.68 bits per heavy atom. The molecule has 0 fully saturated rings. The van der Waals surface area contributed by atoms with Crippen LogP contribution in [0, 0.1) is 0 Å². The highest BCUT2D eigenvalue weighted by molar-refractivity contribution is 6.74. The van der Waals surface area contributed by atoms with Gasteiger partial charge in [-0.3, -0.25) is 9.97 Å². The second-order valence-corrected chi connectivity index (χ2v) is 16.4. The molecule has 6 nitrogen and oxygen atoms in total. The summed E-state index contributed by atoms with van der Waals surface area (Å²) in [5.74, 6) is 1.20. The van der Waals surface area contributed by atoms with Crippen LogP contribution in [0.3, 0.4) is 0 Å². The minimum atomic E-state index is -1.81. The van der Waals surface area contributed by atoms with Crippen molar-refractivity contribution in [3.63, 3.8) is 0 Å². The Bertz CT molecular complexity index is 1350. The van der Waals surface area contributed by atoms with Crippen LogP contribution in [0.4, 0.5) is 0 Å². The molecule has 2 aromatic carbocycles. The van der Waals surface area contributed by atoms with E-state index in [-0.39, 0.29) is 10.8 Å². The Kier molecular flexibility index (Phi) is 8.95. The van der Waals surface area contributed by atoms with Crippen molar-refractivity contribution in [1.29, 1.82) is 0 Å². The van der Waals surface area contributed by atoms with Gasteiger partial charge in [-0.25, -0.2) is 0 Å². The van der Waals surface area contributed by atoms with Crippen LogP contribution in [0.15, 0.2) is 60.7 Å². The molecule has 4 aromatic rings. The summed E-state index contributed by atoms with van der Waals surface area (Å²) in [4.78, 5) is 13.4. The fourth-order valence-corrected chi connectivity index (χ4v) is 4.64. The molecule has 2 heterocycles. The van der Waals surface area contributed by atoms with Crippen LogP contribution in [0.2, 0.25) is 18.1 Å². The number of fused-ring (bicyclic) bond motifs is 2. The van der Waals surface area contributed by atoms with Gasteiger partial charge in [0.1, 0.15) is 11.5 Å². The second-order valence-electron chi connectivity index (χ2n) is 11.7. The standard InChI is InChI=1S/C18H28N2OSi.C12H14N2O/c1-18(2,3)22(6,7)21-16-11-9-14-8-10-15(13-20(4)5)19-17(14)12-16;1-14(2)8-10-5-3-9-4-6-11(15)7-12(9)13-10/h8-12H,13H2,1-7H3;3-7,15H,8H2,1-2H3. The van der Waals surface area contributed by atoms with Gasteiger partial charge in [0.2, 0.25) is 8.32 Å². The number of aromatic nitrogens is 2. The summed E-state index contributed by atoms with van der Waals surface area (Å²) >= 11 is 0. The molecule has 7 heteroatoms. The molecular formula is C30H42N4O2Si. The van der Waals surface area contributed by atoms with Crippen LogP contribution < -0.4 is 4.43 Å². The van der Waals surface area contributed by atoms with Crippen molar-refractivity contribution in [2.75, 3.05) is 28.2 Å². The van der Waals surface area contributed by atoms with Gasteiger partial charge < -0.3 is 19.3 Å². The molecule has 0 aliphatic carbocycles. The Morgan fingerprint density at radius 2 is 1.19 bits per heavy atom. The van der Waals surface area contributed by atoms with E-state index in [1.54, 1.807) is 12.1 Å². The summed E-state index contributed by atoms with van der Waals surface area (Å²) in [6, 6.07) is 19.8. The van der Waals surface area contributed by atoms with Gasteiger partial charge in [-0.1, -0.05) is 32.9 Å². The Balaban J connectivity index is 0.000000220. The normalized spacial score (nSPS) is 12.2. The molecule has 198 valence electrons. The number of benzene rings is 2. The first-order valence-electron chi connectivity index (χ1n) is 12.7. The highest BCUT2D eigenvalue weighted by atomic mass is 28.4. The van der Waals surface area contributed by atoms with Crippen LogP contribution in [0.25, 0.3) is 21.8 Å². The van der Waals surface area contributed by atoms with E-state index in [1.165, 1.54) is 0 Å². The van der Waals surface area contributed by atoms with E-state index in [1.807, 2.05) is 32.3 Å². The van der Waals surface area contributed by atoms with E-state index >= 15 is 0 Å². The van der Waals surface area contributed by atoms with Crippen LogP contribution in [-0.4, -0.2) is 61.4 Å². The molecule has 4 rings (SSSR count). The highest BCUT2D eigenvalue weighted by Crippen LogP contribution is 2.37. The molecule has 0 saturated heterocycles. The smallest absolute Gasteiger partial charge is 0.250 e. The van der Waals surface area contributed by atoms with Crippen molar-refractivity contribution < 1.29 is 9.53 Å². The number of pyridine rings is 2. The van der Waals surface area contributed by atoms with Crippen molar-refractivity contribution in [2.24, 2.45) is 0 Å². The summed E-state index contributed by atoms with van der Waals surface area (Å²) in [5.41, 5.74) is 3.95. The molecule has 0 saturated carbocycles. The van der Waals surface area contributed by atoms with Crippen molar-refractivity contribution in [2.45, 2.75) is 52.0 Å². The van der Waals surface area contributed by atoms with Gasteiger partial charge in [0, 0.05) is 36.0 Å². The van der Waals surface area contributed by atoms with E-state index in [9.17, 15) is 5.11 Å². The van der Waals surface area contributed by atoms with Crippen LogP contribution >= 0.6 is 0 Å². The van der Waals surface area contributed by atoms with Gasteiger partial charge in [-0.05, 0) is 82.7 Å². The Labute approximate surface area is 223 Å². The van der Waals surface area contributed by atoms with E-state index in [4.69, 9.17) is 9.41 Å². The summed E-state index contributed by atoms with van der Waals surface area (Å²) in [7, 11) is 6.32. The molecular weight excluding hydrogens is 476 g/mol. The van der Waals surface area contributed by atoms with Crippen molar-refractivity contribution in [3.05, 3.63) is 72.1 Å². The number of hydrogen-bond acceptors (Lipinski definition) is 6. The monoisotopic (exact) mass is 518 g/mol. The van der Waals surface area contributed by atoms with Gasteiger partial charge in [0.05, 0.1) is 22.4 Å². The zero-order valence-electron chi connectivity index (χ0n) is 23.8. The zero-order chi connectivity index (χ0) is 27.4. The maximum Gasteiger partial charge on any atom is 0.250 e. The van der Waals surface area contributed by atoms with Crippen LogP contribution in [0.5, 0.6) is 11.5 Å². The third kappa shape index (κ3) is 7.99. The topological polar surface area (TPSA) is 61.7 Å². The number of phenols is 1. The average molecular weight is 519 g/mol. The predicted molar refractivity (Wildman–Crippen MR) is 158 cm³/mol. The van der Waals surface area contributed by atoms with E-state index in [2.05, 4.69) is 93.1 Å². The maximum atomic E-state index is 9.35.